The third-order valence-corrected chi connectivity index (χ3v) is 9.04. The van der Waals surface area contributed by atoms with Crippen LogP contribution in [0.1, 0.15) is 60.3 Å². The first-order valence-electron chi connectivity index (χ1n) is 17.0. The lowest BCUT2D eigenvalue weighted by Crippen LogP contribution is -2.39. The normalized spacial score (nSPS) is 27.5. The summed E-state index contributed by atoms with van der Waals surface area (Å²) in [6, 6.07) is 9.75. The van der Waals surface area contributed by atoms with Crippen molar-refractivity contribution in [2.75, 3.05) is 26.4 Å². The van der Waals surface area contributed by atoms with E-state index in [9.17, 15) is 9.59 Å². The summed E-state index contributed by atoms with van der Waals surface area (Å²) in [5.41, 5.74) is 5.22. The van der Waals surface area contributed by atoms with Gasteiger partial charge in [-0.1, -0.05) is 18.2 Å². The standard InChI is InChI=1S/C39H44N4O5/c1-6-46-36(44)32-23-39(5,37(45)47-7-2)43-35-19-25(34(21-31(32)35)41-27-12-9-8-10-13-27)18-26-22-38(3,4)42-33-16-15-28(20-30(26)33)40-24-29-14-11-17-48-29/h8-10,12-13,15-16,19-21,23,26,29H,6-7,11,14,17-18,22,24H2,1-5H3. The highest BCUT2D eigenvalue weighted by molar-refractivity contribution is 6.30. The van der Waals surface area contributed by atoms with E-state index < -0.39 is 17.5 Å². The molecule has 0 saturated carbocycles. The van der Waals surface area contributed by atoms with Gasteiger partial charge < -0.3 is 14.2 Å². The van der Waals surface area contributed by atoms with Crippen LogP contribution in [0.15, 0.2) is 109 Å². The predicted molar refractivity (Wildman–Crippen MR) is 190 cm³/mol. The number of hydrogen-bond donors (Lipinski definition) is 0. The monoisotopic (exact) mass is 648 g/mol. The number of para-hydroxylation sites is 1. The van der Waals surface area contributed by atoms with Crippen LogP contribution in [-0.2, 0) is 23.8 Å². The van der Waals surface area contributed by atoms with Gasteiger partial charge in [0.25, 0.3) is 0 Å². The first-order chi connectivity index (χ1) is 23.1. The Balaban J connectivity index is 1.42. The van der Waals surface area contributed by atoms with Crippen molar-refractivity contribution in [1.82, 2.24) is 0 Å². The summed E-state index contributed by atoms with van der Waals surface area (Å²) < 4.78 is 16.6. The number of carbonyl (C=O) groups excluding carboxylic acids is 2. The summed E-state index contributed by atoms with van der Waals surface area (Å²) in [4.78, 5) is 46.5. The zero-order valence-electron chi connectivity index (χ0n) is 28.5. The molecule has 3 atom stereocenters. The van der Waals surface area contributed by atoms with Gasteiger partial charge in [0.05, 0.1) is 65.5 Å². The zero-order valence-corrected chi connectivity index (χ0v) is 28.5. The molecular weight excluding hydrogens is 604 g/mol. The van der Waals surface area contributed by atoms with E-state index >= 15 is 0 Å². The maximum absolute atomic E-state index is 13.3. The van der Waals surface area contributed by atoms with Gasteiger partial charge in [-0.2, -0.15) is 0 Å². The largest absolute Gasteiger partial charge is 0.464 e. The summed E-state index contributed by atoms with van der Waals surface area (Å²) in [7, 11) is 0. The molecule has 0 radical (unpaired) electrons. The van der Waals surface area contributed by atoms with Gasteiger partial charge in [-0.25, -0.2) is 14.6 Å². The molecule has 9 heteroatoms. The molecule has 3 aliphatic heterocycles. The van der Waals surface area contributed by atoms with Crippen LogP contribution in [-0.4, -0.2) is 78.3 Å². The molecule has 0 N–H and O–H groups in total. The Labute approximate surface area is 282 Å². The number of benzene rings is 1. The quantitative estimate of drug-likeness (QED) is 0.220. The number of aliphatic imine (C=N–C) groups is 4. The summed E-state index contributed by atoms with van der Waals surface area (Å²) in [5, 5.41) is 0. The molecule has 1 saturated heterocycles. The number of carbonyl (C=O) groups is 2. The van der Waals surface area contributed by atoms with Crippen LogP contribution in [0.5, 0.6) is 0 Å². The van der Waals surface area contributed by atoms with Gasteiger partial charge in [0.2, 0.25) is 0 Å². The highest BCUT2D eigenvalue weighted by atomic mass is 16.5. The molecule has 250 valence electrons. The smallest absolute Gasteiger partial charge is 0.338 e. The van der Waals surface area contributed by atoms with Crippen LogP contribution >= 0.6 is 0 Å². The second kappa shape index (κ2) is 13.9. The van der Waals surface area contributed by atoms with Crippen molar-refractivity contribution in [2.45, 2.75) is 77.5 Å². The first kappa shape index (κ1) is 33.4. The Morgan fingerprint density at radius 1 is 0.979 bits per heavy atom. The van der Waals surface area contributed by atoms with Crippen LogP contribution in [0.3, 0.4) is 0 Å². The molecule has 0 aromatic heterocycles. The highest BCUT2D eigenvalue weighted by Gasteiger charge is 2.41. The van der Waals surface area contributed by atoms with E-state index in [1.165, 1.54) is 0 Å². The minimum atomic E-state index is -1.39. The number of hydrogen-bond acceptors (Lipinski definition) is 9. The number of rotatable bonds is 9. The minimum absolute atomic E-state index is 0.105. The summed E-state index contributed by atoms with van der Waals surface area (Å²) in [5.74, 6) is -0.944. The molecular formula is C39H44N4O5. The summed E-state index contributed by atoms with van der Waals surface area (Å²) >= 11 is 0. The molecule has 0 spiro atoms. The van der Waals surface area contributed by atoms with Crippen LogP contribution in [0.25, 0.3) is 0 Å². The van der Waals surface area contributed by atoms with Gasteiger partial charge in [-0.3, -0.25) is 15.0 Å². The predicted octanol–water partition coefficient (Wildman–Crippen LogP) is 6.64. The Morgan fingerprint density at radius 3 is 2.50 bits per heavy atom. The number of allylic oxidation sites excluding steroid dienone is 7. The molecule has 6 rings (SSSR count). The van der Waals surface area contributed by atoms with E-state index in [1.54, 1.807) is 26.8 Å². The Hall–Kier alpha value is -4.50. The van der Waals surface area contributed by atoms with Crippen molar-refractivity contribution < 1.29 is 23.8 Å². The molecule has 48 heavy (non-hydrogen) atoms. The van der Waals surface area contributed by atoms with E-state index in [0.717, 1.165) is 59.8 Å². The fraction of sp³-hybridized carbons (Fsp3) is 0.436. The van der Waals surface area contributed by atoms with Gasteiger partial charge >= 0.3 is 11.9 Å². The van der Waals surface area contributed by atoms with Gasteiger partial charge in [0, 0.05) is 12.2 Å². The van der Waals surface area contributed by atoms with Crippen molar-refractivity contribution in [3.05, 3.63) is 89.1 Å². The Kier molecular flexibility index (Phi) is 9.69. The van der Waals surface area contributed by atoms with Gasteiger partial charge in [0.1, 0.15) is 0 Å². The van der Waals surface area contributed by atoms with Crippen molar-refractivity contribution in [3.63, 3.8) is 0 Å². The molecule has 1 fully saturated rings. The third kappa shape index (κ3) is 7.31. The molecule has 3 unspecified atom stereocenters. The number of dihydropyridines is 1. The Morgan fingerprint density at radius 2 is 1.77 bits per heavy atom. The lowest BCUT2D eigenvalue weighted by atomic mass is 9.74. The number of fused-ring (bicyclic) bond motifs is 2. The molecule has 3 heterocycles. The minimum Gasteiger partial charge on any atom is -0.464 e. The average Bonchev–Trinajstić information content (AvgIpc) is 3.58. The molecule has 0 amide bonds. The van der Waals surface area contributed by atoms with Gasteiger partial charge in [0.15, 0.2) is 5.54 Å². The van der Waals surface area contributed by atoms with Crippen LogP contribution in [0, 0.1) is 5.92 Å². The number of esters is 2. The van der Waals surface area contributed by atoms with Crippen molar-refractivity contribution in [2.24, 2.45) is 25.9 Å². The maximum atomic E-state index is 13.3. The maximum Gasteiger partial charge on any atom is 0.338 e. The van der Waals surface area contributed by atoms with E-state index in [-0.39, 0.29) is 36.3 Å². The van der Waals surface area contributed by atoms with Crippen LogP contribution in [0.2, 0.25) is 0 Å². The van der Waals surface area contributed by atoms with Gasteiger partial charge in [-0.05, 0) is 126 Å². The molecule has 2 aliphatic carbocycles. The molecule has 9 nitrogen and oxygen atoms in total. The fourth-order valence-electron chi connectivity index (χ4n) is 6.84. The fourth-order valence-corrected chi connectivity index (χ4v) is 6.84. The topological polar surface area (TPSA) is 111 Å². The molecule has 5 aliphatic rings. The molecule has 1 aromatic rings. The summed E-state index contributed by atoms with van der Waals surface area (Å²) in [6.07, 6.45) is 15.5. The third-order valence-electron chi connectivity index (χ3n) is 9.04. The second-order valence-electron chi connectivity index (χ2n) is 13.5. The van der Waals surface area contributed by atoms with E-state index in [1.807, 2.05) is 48.6 Å². The SMILES string of the molecule is CCOC(=O)C1=CC(C)(C(=O)OCC)N=C2C=C(CC3CC(C)(C)N=C4C=CC(=NCC5CCCO5)C=C43)C(=Nc3ccccc3)C=C12. The van der Waals surface area contributed by atoms with Crippen LogP contribution < -0.4 is 0 Å². The van der Waals surface area contributed by atoms with E-state index in [4.69, 9.17) is 34.2 Å². The van der Waals surface area contributed by atoms with E-state index in [2.05, 4.69) is 26.0 Å². The van der Waals surface area contributed by atoms with Crippen LogP contribution in [0.4, 0.5) is 5.69 Å². The van der Waals surface area contributed by atoms with Crippen molar-refractivity contribution in [1.29, 1.82) is 0 Å². The Bertz CT molecular complexity index is 1750. The second-order valence-corrected chi connectivity index (χ2v) is 13.5. The number of ether oxygens (including phenoxy) is 3. The highest BCUT2D eigenvalue weighted by Crippen LogP contribution is 2.40. The lowest BCUT2D eigenvalue weighted by Gasteiger charge is -2.36. The van der Waals surface area contributed by atoms with Crippen molar-refractivity contribution in [3.8, 4) is 0 Å². The lowest BCUT2D eigenvalue weighted by molar-refractivity contribution is -0.147. The van der Waals surface area contributed by atoms with Crippen molar-refractivity contribution >= 4 is 40.5 Å². The molecule has 0 bridgehead atoms. The summed E-state index contributed by atoms with van der Waals surface area (Å²) in [6.45, 7) is 11.3. The van der Waals surface area contributed by atoms with E-state index in [0.29, 0.717) is 24.3 Å². The average molecular weight is 649 g/mol. The number of nitrogens with zero attached hydrogens (tertiary/aromatic N) is 4. The zero-order chi connectivity index (χ0) is 33.9. The first-order valence-corrected chi connectivity index (χ1v) is 17.0. The van der Waals surface area contributed by atoms with Gasteiger partial charge in [-0.15, -0.1) is 0 Å². The molecule has 1 aromatic carbocycles.